The maximum absolute atomic E-state index is 10.5. The third kappa shape index (κ3) is 5.30. The van der Waals surface area contributed by atoms with Crippen molar-refractivity contribution in [3.8, 4) is 11.5 Å². The van der Waals surface area contributed by atoms with E-state index >= 15 is 0 Å². The summed E-state index contributed by atoms with van der Waals surface area (Å²) in [6.45, 7) is 0. The Morgan fingerprint density at radius 3 is 1.83 bits per heavy atom. The van der Waals surface area contributed by atoms with E-state index in [1.165, 1.54) is 38.5 Å². The van der Waals surface area contributed by atoms with Crippen LogP contribution in [0.5, 0.6) is 11.5 Å². The first-order valence-electron chi connectivity index (χ1n) is 6.53. The lowest BCUT2D eigenvalue weighted by Gasteiger charge is -2.03. The first-order valence-corrected chi connectivity index (χ1v) is 7.61. The Kier molecular flexibility index (Phi) is 7.31. The van der Waals surface area contributed by atoms with Crippen molar-refractivity contribution >= 4 is 40.2 Å². The smallest absolute Gasteiger partial charge is 0.335 e. The van der Waals surface area contributed by atoms with Crippen LogP contribution < -0.4 is 15.2 Å². The summed E-state index contributed by atoms with van der Waals surface area (Å²) < 4.78 is 10.7. The predicted molar refractivity (Wildman–Crippen MR) is 97.0 cm³/mol. The van der Waals surface area contributed by atoms with Gasteiger partial charge in [-0.1, -0.05) is 0 Å². The van der Waals surface area contributed by atoms with E-state index in [0.717, 1.165) is 3.57 Å². The molecule has 0 saturated heterocycles. The fourth-order valence-corrected chi connectivity index (χ4v) is 2.19. The Bertz CT molecular complexity index is 684. The van der Waals surface area contributed by atoms with Gasteiger partial charge in [-0.25, -0.2) is 9.59 Å². The standard InChI is InChI=1S/C8H7IO3.C8H9NO3/c2*1-12-7-4-5(8(10)11)2-3-6(7)9/h2-4H,1H3,(H,10,11);2-4H,9H2,1H3,(H,10,11). The molecule has 4 N–H and O–H groups in total. The molecule has 128 valence electrons. The molecule has 0 heterocycles. The van der Waals surface area contributed by atoms with Crippen molar-refractivity contribution in [2.75, 3.05) is 20.0 Å². The number of benzene rings is 2. The minimum absolute atomic E-state index is 0.168. The molecular formula is C16H16INO6. The summed E-state index contributed by atoms with van der Waals surface area (Å²) in [6.07, 6.45) is 0. The molecule has 0 unspecified atom stereocenters. The highest BCUT2D eigenvalue weighted by atomic mass is 127. The van der Waals surface area contributed by atoms with Gasteiger partial charge in [0, 0.05) is 0 Å². The zero-order valence-electron chi connectivity index (χ0n) is 12.9. The topological polar surface area (TPSA) is 119 Å². The number of hydrogen-bond donors (Lipinski definition) is 3. The molecule has 0 spiro atoms. The van der Waals surface area contributed by atoms with Crippen molar-refractivity contribution in [1.82, 2.24) is 0 Å². The molecule has 24 heavy (non-hydrogen) atoms. The SMILES string of the molecule is COc1cc(C(=O)O)ccc1I.COc1cc(C(=O)O)ccc1N. The second-order valence-corrected chi connectivity index (χ2v) is 5.58. The molecule has 0 atom stereocenters. The van der Waals surface area contributed by atoms with Crippen molar-refractivity contribution in [2.24, 2.45) is 0 Å². The predicted octanol–water partition coefficient (Wildman–Crippen LogP) is 2.97. The van der Waals surface area contributed by atoms with Crippen LogP contribution in [0, 0.1) is 3.57 Å². The molecule has 2 rings (SSSR count). The van der Waals surface area contributed by atoms with Crippen LogP contribution in [0.25, 0.3) is 0 Å². The molecule has 0 bridgehead atoms. The van der Waals surface area contributed by atoms with Crippen LogP contribution in [0.3, 0.4) is 0 Å². The van der Waals surface area contributed by atoms with Crippen molar-refractivity contribution in [1.29, 1.82) is 0 Å². The lowest BCUT2D eigenvalue weighted by atomic mass is 10.2. The second kappa shape index (κ2) is 8.96. The van der Waals surface area contributed by atoms with E-state index in [9.17, 15) is 9.59 Å². The van der Waals surface area contributed by atoms with Crippen LogP contribution in [0.4, 0.5) is 5.69 Å². The van der Waals surface area contributed by atoms with E-state index in [4.69, 9.17) is 25.4 Å². The second-order valence-electron chi connectivity index (χ2n) is 4.42. The van der Waals surface area contributed by atoms with Gasteiger partial charge in [0.1, 0.15) is 11.5 Å². The number of nitrogen functional groups attached to an aromatic ring is 1. The van der Waals surface area contributed by atoms with Gasteiger partial charge in [0.25, 0.3) is 0 Å². The number of halogens is 1. The summed E-state index contributed by atoms with van der Waals surface area (Å²) in [5.74, 6) is -0.955. The van der Waals surface area contributed by atoms with Gasteiger partial charge in [-0.2, -0.15) is 0 Å². The molecular weight excluding hydrogens is 429 g/mol. The van der Waals surface area contributed by atoms with Crippen molar-refractivity contribution in [3.63, 3.8) is 0 Å². The molecule has 7 nitrogen and oxygen atoms in total. The highest BCUT2D eigenvalue weighted by molar-refractivity contribution is 14.1. The molecule has 0 aromatic heterocycles. The van der Waals surface area contributed by atoms with Gasteiger partial charge in [0.15, 0.2) is 0 Å². The summed E-state index contributed by atoms with van der Waals surface area (Å²) in [5.41, 5.74) is 6.33. The first kappa shape index (κ1) is 19.6. The molecule has 8 heteroatoms. The van der Waals surface area contributed by atoms with Gasteiger partial charge < -0.3 is 25.4 Å². The lowest BCUT2D eigenvalue weighted by Crippen LogP contribution is -1.99. The van der Waals surface area contributed by atoms with E-state index in [0.29, 0.717) is 17.2 Å². The molecule has 0 aliphatic rings. The number of carbonyl (C=O) groups is 2. The first-order chi connectivity index (χ1) is 11.3. The van der Waals surface area contributed by atoms with Crippen LogP contribution in [0.2, 0.25) is 0 Å². The Morgan fingerprint density at radius 1 is 0.917 bits per heavy atom. The minimum Gasteiger partial charge on any atom is -0.496 e. The number of nitrogens with two attached hydrogens (primary N) is 1. The molecule has 0 aliphatic heterocycles. The van der Waals surface area contributed by atoms with Gasteiger partial charge in [0.2, 0.25) is 0 Å². The maximum Gasteiger partial charge on any atom is 0.335 e. The normalized spacial score (nSPS) is 9.46. The number of ether oxygens (including phenoxy) is 2. The zero-order chi connectivity index (χ0) is 18.3. The fourth-order valence-electron chi connectivity index (χ4n) is 1.64. The van der Waals surface area contributed by atoms with Crippen LogP contribution in [0.15, 0.2) is 36.4 Å². The molecule has 2 aromatic carbocycles. The summed E-state index contributed by atoms with van der Waals surface area (Å²) in [7, 11) is 2.96. The van der Waals surface area contributed by atoms with Crippen LogP contribution in [0.1, 0.15) is 20.7 Å². The van der Waals surface area contributed by atoms with Gasteiger partial charge in [-0.3, -0.25) is 0 Å². The maximum atomic E-state index is 10.5. The van der Waals surface area contributed by atoms with Crippen molar-refractivity contribution in [3.05, 3.63) is 51.1 Å². The van der Waals surface area contributed by atoms with E-state index in [-0.39, 0.29) is 11.1 Å². The minimum atomic E-state index is -0.992. The van der Waals surface area contributed by atoms with Crippen molar-refractivity contribution < 1.29 is 29.3 Å². The largest absolute Gasteiger partial charge is 0.496 e. The number of methoxy groups -OCH3 is 2. The van der Waals surface area contributed by atoms with E-state index in [2.05, 4.69) is 22.6 Å². The van der Waals surface area contributed by atoms with Crippen molar-refractivity contribution in [2.45, 2.75) is 0 Å². The van der Waals surface area contributed by atoms with E-state index < -0.39 is 11.9 Å². The average Bonchev–Trinajstić information content (AvgIpc) is 2.55. The summed E-state index contributed by atoms with van der Waals surface area (Å²) in [4.78, 5) is 21.0. The Hall–Kier alpha value is -2.49. The number of carboxylic acids is 2. The van der Waals surface area contributed by atoms with Crippen LogP contribution in [-0.2, 0) is 0 Å². The number of anilines is 1. The summed E-state index contributed by atoms with van der Waals surface area (Å²) in [5, 5.41) is 17.2. The number of rotatable bonds is 4. The van der Waals surface area contributed by atoms with E-state index in [1.807, 2.05) is 0 Å². The van der Waals surface area contributed by atoms with Gasteiger partial charge in [-0.15, -0.1) is 0 Å². The van der Waals surface area contributed by atoms with Gasteiger partial charge in [0.05, 0.1) is 34.6 Å². The quantitative estimate of drug-likeness (QED) is 0.489. The monoisotopic (exact) mass is 445 g/mol. The summed E-state index contributed by atoms with van der Waals surface area (Å²) >= 11 is 2.08. The number of carboxylic acid groups (broad SMARTS) is 2. The molecule has 0 fully saturated rings. The fraction of sp³-hybridized carbons (Fsp3) is 0.125. The number of aromatic carboxylic acids is 2. The van der Waals surface area contributed by atoms with Gasteiger partial charge in [-0.05, 0) is 59.0 Å². The lowest BCUT2D eigenvalue weighted by molar-refractivity contribution is 0.0685. The molecule has 0 saturated carbocycles. The zero-order valence-corrected chi connectivity index (χ0v) is 15.1. The Morgan fingerprint density at radius 2 is 1.38 bits per heavy atom. The van der Waals surface area contributed by atoms with Crippen LogP contribution >= 0.6 is 22.6 Å². The third-order valence-electron chi connectivity index (χ3n) is 2.88. The molecule has 2 aromatic rings. The molecule has 0 amide bonds. The third-order valence-corrected chi connectivity index (χ3v) is 3.77. The Labute approximate surface area is 152 Å². The average molecular weight is 445 g/mol. The molecule has 0 aliphatic carbocycles. The summed E-state index contributed by atoms with van der Waals surface area (Å²) in [6, 6.07) is 9.08. The highest BCUT2D eigenvalue weighted by Gasteiger charge is 2.06. The van der Waals surface area contributed by atoms with E-state index in [1.54, 1.807) is 12.1 Å². The number of hydrogen-bond acceptors (Lipinski definition) is 5. The van der Waals surface area contributed by atoms with Gasteiger partial charge >= 0.3 is 11.9 Å². The molecule has 0 radical (unpaired) electrons. The van der Waals surface area contributed by atoms with Crippen LogP contribution in [-0.4, -0.2) is 36.4 Å². The highest BCUT2D eigenvalue weighted by Crippen LogP contribution is 2.22. The Balaban J connectivity index is 0.000000240.